The molecule has 1 saturated heterocycles. The van der Waals surface area contributed by atoms with Crippen LogP contribution in [0.2, 0.25) is 0 Å². The van der Waals surface area contributed by atoms with Crippen LogP contribution in [0.1, 0.15) is 51.2 Å². The Bertz CT molecular complexity index is 473. The van der Waals surface area contributed by atoms with Crippen molar-refractivity contribution in [3.8, 4) is 0 Å². The Hall–Kier alpha value is -1.06. The summed E-state index contributed by atoms with van der Waals surface area (Å²) >= 11 is 0. The van der Waals surface area contributed by atoms with Gasteiger partial charge < -0.3 is 10.6 Å². The molecule has 1 atom stereocenters. The highest BCUT2D eigenvalue weighted by Crippen LogP contribution is 2.22. The Balaban J connectivity index is 0.00000264. The number of carbonyl (C=O) groups excluding carboxylic acids is 1. The Morgan fingerprint density at radius 3 is 2.52 bits per heavy atom. The summed E-state index contributed by atoms with van der Waals surface area (Å²) in [6.07, 6.45) is 3.79. The predicted molar refractivity (Wildman–Crippen MR) is 99.3 cm³/mol. The minimum Gasteiger partial charge on any atom is -0.356 e. The molecule has 1 unspecified atom stereocenters. The summed E-state index contributed by atoms with van der Waals surface area (Å²) in [5, 5.41) is 6.38. The van der Waals surface area contributed by atoms with Crippen molar-refractivity contribution in [1.82, 2.24) is 10.6 Å². The van der Waals surface area contributed by atoms with Gasteiger partial charge in [-0.2, -0.15) is 0 Å². The van der Waals surface area contributed by atoms with Crippen LogP contribution in [0, 0.1) is 5.92 Å². The van der Waals surface area contributed by atoms with Gasteiger partial charge in [-0.05, 0) is 54.8 Å². The first-order valence-electron chi connectivity index (χ1n) is 8.52. The molecule has 0 aliphatic carbocycles. The van der Waals surface area contributed by atoms with Gasteiger partial charge in [-0.25, -0.2) is 0 Å². The largest absolute Gasteiger partial charge is 0.356 e. The highest BCUT2D eigenvalue weighted by atomic mass is 35.5. The topological polar surface area (TPSA) is 41.1 Å². The van der Waals surface area contributed by atoms with E-state index in [0.29, 0.717) is 12.3 Å². The lowest BCUT2D eigenvalue weighted by Crippen LogP contribution is -2.26. The monoisotopic (exact) mass is 338 g/mol. The first-order valence-corrected chi connectivity index (χ1v) is 8.52. The van der Waals surface area contributed by atoms with Crippen LogP contribution in [0.4, 0.5) is 0 Å². The molecule has 23 heavy (non-hydrogen) atoms. The van der Waals surface area contributed by atoms with Crippen LogP contribution in [-0.2, 0) is 16.6 Å². The SMILES string of the molecule is CC(C)(C)c1ccc(CCNC(=O)CCC2CCNC2)cc1.Cl. The van der Waals surface area contributed by atoms with Crippen molar-refractivity contribution in [2.75, 3.05) is 19.6 Å². The van der Waals surface area contributed by atoms with Gasteiger partial charge in [0, 0.05) is 13.0 Å². The van der Waals surface area contributed by atoms with Gasteiger partial charge in [0.15, 0.2) is 0 Å². The molecule has 1 aliphatic heterocycles. The first-order chi connectivity index (χ1) is 10.4. The average molecular weight is 339 g/mol. The maximum Gasteiger partial charge on any atom is 0.220 e. The fourth-order valence-electron chi connectivity index (χ4n) is 2.90. The van der Waals surface area contributed by atoms with Gasteiger partial charge in [-0.15, -0.1) is 12.4 Å². The molecule has 1 aromatic rings. The van der Waals surface area contributed by atoms with Crippen LogP contribution in [0.25, 0.3) is 0 Å². The third-order valence-electron chi connectivity index (χ3n) is 4.50. The number of benzene rings is 1. The first kappa shape index (κ1) is 20.0. The zero-order valence-electron chi connectivity index (χ0n) is 14.7. The lowest BCUT2D eigenvalue weighted by atomic mass is 9.86. The Morgan fingerprint density at radius 2 is 1.96 bits per heavy atom. The second-order valence-corrected chi connectivity index (χ2v) is 7.44. The summed E-state index contributed by atoms with van der Waals surface area (Å²) in [6.45, 7) is 9.59. The molecule has 1 heterocycles. The summed E-state index contributed by atoms with van der Waals surface area (Å²) in [5.41, 5.74) is 2.83. The van der Waals surface area contributed by atoms with Crippen molar-refractivity contribution >= 4 is 18.3 Å². The van der Waals surface area contributed by atoms with Gasteiger partial charge in [0.1, 0.15) is 0 Å². The number of rotatable bonds is 6. The highest BCUT2D eigenvalue weighted by Gasteiger charge is 2.15. The summed E-state index contributed by atoms with van der Waals surface area (Å²) in [4.78, 5) is 11.8. The molecule has 0 aromatic heterocycles. The lowest BCUT2D eigenvalue weighted by Gasteiger charge is -2.19. The maximum atomic E-state index is 11.8. The van der Waals surface area contributed by atoms with E-state index in [-0.39, 0.29) is 23.7 Å². The summed E-state index contributed by atoms with van der Waals surface area (Å²) in [7, 11) is 0. The fraction of sp³-hybridized carbons (Fsp3) is 0.632. The van der Waals surface area contributed by atoms with Crippen LogP contribution >= 0.6 is 12.4 Å². The second-order valence-electron chi connectivity index (χ2n) is 7.44. The van der Waals surface area contributed by atoms with Crippen molar-refractivity contribution in [2.24, 2.45) is 5.92 Å². The third-order valence-corrected chi connectivity index (χ3v) is 4.50. The molecule has 1 fully saturated rings. The molecular formula is C19H31ClN2O. The zero-order chi connectivity index (χ0) is 16.0. The molecule has 130 valence electrons. The van der Waals surface area contributed by atoms with Crippen molar-refractivity contribution in [3.05, 3.63) is 35.4 Å². The molecule has 0 radical (unpaired) electrons. The van der Waals surface area contributed by atoms with Crippen LogP contribution in [0.3, 0.4) is 0 Å². The number of hydrogen-bond donors (Lipinski definition) is 2. The van der Waals surface area contributed by atoms with E-state index in [1.54, 1.807) is 0 Å². The molecule has 2 rings (SSSR count). The Morgan fingerprint density at radius 1 is 1.26 bits per heavy atom. The van der Waals surface area contributed by atoms with Gasteiger partial charge in [0.05, 0.1) is 0 Å². The van der Waals surface area contributed by atoms with E-state index < -0.39 is 0 Å². The Labute approximate surface area is 147 Å². The third kappa shape index (κ3) is 6.92. The molecular weight excluding hydrogens is 308 g/mol. The van der Waals surface area contributed by atoms with E-state index in [2.05, 4.69) is 55.7 Å². The molecule has 3 nitrogen and oxygen atoms in total. The minimum absolute atomic E-state index is 0. The van der Waals surface area contributed by atoms with Crippen LogP contribution in [-0.4, -0.2) is 25.5 Å². The molecule has 2 N–H and O–H groups in total. The molecule has 1 aliphatic rings. The van der Waals surface area contributed by atoms with E-state index in [9.17, 15) is 4.79 Å². The van der Waals surface area contributed by atoms with Crippen molar-refractivity contribution in [2.45, 2.75) is 51.9 Å². The lowest BCUT2D eigenvalue weighted by molar-refractivity contribution is -0.121. The smallest absolute Gasteiger partial charge is 0.220 e. The van der Waals surface area contributed by atoms with E-state index in [1.165, 1.54) is 17.5 Å². The highest BCUT2D eigenvalue weighted by molar-refractivity contribution is 5.85. The minimum atomic E-state index is 0. The molecule has 1 aromatic carbocycles. The molecule has 0 bridgehead atoms. The van der Waals surface area contributed by atoms with Crippen LogP contribution in [0.5, 0.6) is 0 Å². The molecule has 1 amide bonds. The molecule has 0 saturated carbocycles. The zero-order valence-corrected chi connectivity index (χ0v) is 15.5. The average Bonchev–Trinajstić information content (AvgIpc) is 2.98. The van der Waals surface area contributed by atoms with Crippen molar-refractivity contribution < 1.29 is 4.79 Å². The van der Waals surface area contributed by atoms with Crippen LogP contribution in [0.15, 0.2) is 24.3 Å². The van der Waals surface area contributed by atoms with Gasteiger partial charge >= 0.3 is 0 Å². The fourth-order valence-corrected chi connectivity index (χ4v) is 2.90. The van der Waals surface area contributed by atoms with E-state index >= 15 is 0 Å². The molecule has 4 heteroatoms. The maximum absolute atomic E-state index is 11.8. The van der Waals surface area contributed by atoms with E-state index in [1.807, 2.05) is 0 Å². The Kier molecular flexibility index (Phi) is 8.07. The predicted octanol–water partition coefficient (Wildman–Crippen LogP) is 3.45. The van der Waals surface area contributed by atoms with E-state index in [4.69, 9.17) is 0 Å². The second kappa shape index (κ2) is 9.29. The summed E-state index contributed by atoms with van der Waals surface area (Å²) in [6, 6.07) is 8.75. The quantitative estimate of drug-likeness (QED) is 0.834. The van der Waals surface area contributed by atoms with Gasteiger partial charge in [0.25, 0.3) is 0 Å². The van der Waals surface area contributed by atoms with Crippen molar-refractivity contribution in [1.29, 1.82) is 0 Å². The van der Waals surface area contributed by atoms with Gasteiger partial charge in [-0.3, -0.25) is 4.79 Å². The number of carbonyl (C=O) groups is 1. The number of nitrogens with one attached hydrogen (secondary N) is 2. The van der Waals surface area contributed by atoms with E-state index in [0.717, 1.165) is 32.5 Å². The number of hydrogen-bond acceptors (Lipinski definition) is 2. The summed E-state index contributed by atoms with van der Waals surface area (Å²) in [5.74, 6) is 0.883. The number of amides is 1. The van der Waals surface area contributed by atoms with Gasteiger partial charge in [0.2, 0.25) is 5.91 Å². The van der Waals surface area contributed by atoms with Gasteiger partial charge in [-0.1, -0.05) is 45.0 Å². The normalized spacial score (nSPS) is 17.6. The van der Waals surface area contributed by atoms with Crippen LogP contribution < -0.4 is 10.6 Å². The van der Waals surface area contributed by atoms with Crippen molar-refractivity contribution in [3.63, 3.8) is 0 Å². The number of halogens is 1. The standard InChI is InChI=1S/C19H30N2O.ClH/c1-19(2,3)17-7-4-15(5-8-17)11-13-21-18(22)9-6-16-10-12-20-14-16;/h4-5,7-8,16,20H,6,9-14H2,1-3H3,(H,21,22);1H. The molecule has 0 spiro atoms. The summed E-state index contributed by atoms with van der Waals surface area (Å²) < 4.78 is 0.